The molecule has 2 aromatic carbocycles. The summed E-state index contributed by atoms with van der Waals surface area (Å²) in [5.41, 5.74) is 2.27. The molecule has 1 unspecified atom stereocenters. The molecule has 1 atom stereocenters. The van der Waals surface area contributed by atoms with Gasteiger partial charge in [-0.2, -0.15) is 0 Å². The van der Waals surface area contributed by atoms with Gasteiger partial charge >= 0.3 is 0 Å². The number of benzene rings is 2. The van der Waals surface area contributed by atoms with Crippen LogP contribution in [0.3, 0.4) is 0 Å². The van der Waals surface area contributed by atoms with Gasteiger partial charge in [0.1, 0.15) is 11.8 Å². The number of piperidine rings is 1. The van der Waals surface area contributed by atoms with Crippen LogP contribution in [0.4, 0.5) is 0 Å². The van der Waals surface area contributed by atoms with Gasteiger partial charge in [0.25, 0.3) is 11.8 Å². The van der Waals surface area contributed by atoms with Gasteiger partial charge in [-0.05, 0) is 74.9 Å². The van der Waals surface area contributed by atoms with E-state index in [1.54, 1.807) is 31.4 Å². The maximum atomic E-state index is 13.0. The third kappa shape index (κ3) is 5.72. The molecule has 7 heteroatoms. The summed E-state index contributed by atoms with van der Waals surface area (Å²) in [6, 6.07) is 14.0. The standard InChI is InChI=1S/C26H31N3O4/c1-17-3-5-20(6-4-17)26(32)29-15-13-18(14-16-29)23(25(31)27-21-9-10-21)28-24(30)19-7-11-22(33-2)12-8-19/h3-8,11-12,18,21,23H,9-10,13-16H2,1-2H3,(H,27,31)(H,28,30). The van der Waals surface area contributed by atoms with Gasteiger partial charge < -0.3 is 20.3 Å². The number of amides is 3. The molecular weight excluding hydrogens is 418 g/mol. The van der Waals surface area contributed by atoms with Gasteiger partial charge in [0.2, 0.25) is 5.91 Å². The van der Waals surface area contributed by atoms with Crippen LogP contribution in [0.15, 0.2) is 48.5 Å². The second kappa shape index (κ2) is 10.1. The van der Waals surface area contributed by atoms with Crippen LogP contribution < -0.4 is 15.4 Å². The number of nitrogens with zero attached hydrogens (tertiary/aromatic N) is 1. The van der Waals surface area contributed by atoms with Crippen LogP contribution in [-0.2, 0) is 4.79 Å². The number of rotatable bonds is 7. The Morgan fingerprint density at radius 2 is 1.52 bits per heavy atom. The SMILES string of the molecule is COc1ccc(C(=O)NC(C(=O)NC2CC2)C2CCN(C(=O)c3ccc(C)cc3)CC2)cc1. The van der Waals surface area contributed by atoms with Crippen LogP contribution in [0.25, 0.3) is 0 Å². The number of hydrogen-bond acceptors (Lipinski definition) is 4. The number of likely N-dealkylation sites (tertiary alicyclic amines) is 1. The smallest absolute Gasteiger partial charge is 0.253 e. The Bertz CT molecular complexity index is 991. The van der Waals surface area contributed by atoms with Crippen molar-refractivity contribution in [2.45, 2.75) is 44.7 Å². The number of methoxy groups -OCH3 is 1. The summed E-state index contributed by atoms with van der Waals surface area (Å²) in [4.78, 5) is 40.6. The van der Waals surface area contributed by atoms with Crippen LogP contribution in [0.2, 0.25) is 0 Å². The molecule has 7 nitrogen and oxygen atoms in total. The molecule has 1 saturated carbocycles. The molecule has 2 aromatic rings. The zero-order chi connectivity index (χ0) is 23.4. The number of carbonyl (C=O) groups excluding carboxylic acids is 3. The Morgan fingerprint density at radius 1 is 0.909 bits per heavy atom. The van der Waals surface area contributed by atoms with Crippen molar-refractivity contribution < 1.29 is 19.1 Å². The molecule has 0 aromatic heterocycles. The Morgan fingerprint density at radius 3 is 2.09 bits per heavy atom. The summed E-state index contributed by atoms with van der Waals surface area (Å²) in [5.74, 6) is 0.220. The van der Waals surface area contributed by atoms with E-state index in [-0.39, 0.29) is 29.7 Å². The Kier molecular flexibility index (Phi) is 6.96. The molecule has 1 aliphatic carbocycles. The van der Waals surface area contributed by atoms with Crippen molar-refractivity contribution in [3.63, 3.8) is 0 Å². The van der Waals surface area contributed by atoms with Crippen molar-refractivity contribution in [3.8, 4) is 5.75 Å². The van der Waals surface area contributed by atoms with Gasteiger partial charge in [-0.1, -0.05) is 17.7 Å². The molecule has 33 heavy (non-hydrogen) atoms. The van der Waals surface area contributed by atoms with Crippen LogP contribution in [0, 0.1) is 12.8 Å². The van der Waals surface area contributed by atoms with E-state index in [1.165, 1.54) is 0 Å². The van der Waals surface area contributed by atoms with Crippen molar-refractivity contribution in [1.82, 2.24) is 15.5 Å². The number of hydrogen-bond donors (Lipinski definition) is 2. The summed E-state index contributed by atoms with van der Waals surface area (Å²) < 4.78 is 5.15. The summed E-state index contributed by atoms with van der Waals surface area (Å²) in [5, 5.41) is 6.00. The first-order valence-electron chi connectivity index (χ1n) is 11.6. The van der Waals surface area contributed by atoms with Gasteiger partial charge in [-0.25, -0.2) is 0 Å². The molecular formula is C26H31N3O4. The second-order valence-corrected chi connectivity index (χ2v) is 8.96. The first kappa shape index (κ1) is 22.8. The number of aryl methyl sites for hydroxylation is 1. The summed E-state index contributed by atoms with van der Waals surface area (Å²) in [6.45, 7) is 3.11. The number of ether oxygens (including phenoxy) is 1. The van der Waals surface area contributed by atoms with Gasteiger partial charge in [0.05, 0.1) is 7.11 Å². The number of carbonyl (C=O) groups is 3. The average Bonchev–Trinajstić information content (AvgIpc) is 3.66. The third-order valence-electron chi connectivity index (χ3n) is 6.44. The highest BCUT2D eigenvalue weighted by Gasteiger charge is 2.36. The maximum absolute atomic E-state index is 13.0. The molecule has 0 radical (unpaired) electrons. The van der Waals surface area contributed by atoms with E-state index < -0.39 is 6.04 Å². The highest BCUT2D eigenvalue weighted by Crippen LogP contribution is 2.25. The average molecular weight is 450 g/mol. The lowest BCUT2D eigenvalue weighted by Crippen LogP contribution is -2.54. The van der Waals surface area contributed by atoms with E-state index in [0.29, 0.717) is 42.8 Å². The fourth-order valence-electron chi connectivity index (χ4n) is 4.20. The van der Waals surface area contributed by atoms with Gasteiger partial charge in [0.15, 0.2) is 0 Å². The highest BCUT2D eigenvalue weighted by molar-refractivity contribution is 5.98. The van der Waals surface area contributed by atoms with Gasteiger partial charge in [0, 0.05) is 30.3 Å². The lowest BCUT2D eigenvalue weighted by Gasteiger charge is -2.36. The molecule has 174 valence electrons. The predicted octanol–water partition coefficient (Wildman–Crippen LogP) is 2.93. The van der Waals surface area contributed by atoms with Crippen LogP contribution in [0.5, 0.6) is 5.75 Å². The summed E-state index contributed by atoms with van der Waals surface area (Å²) in [7, 11) is 1.57. The van der Waals surface area contributed by atoms with Crippen LogP contribution in [0.1, 0.15) is 52.0 Å². The van der Waals surface area contributed by atoms with Gasteiger partial charge in [-0.15, -0.1) is 0 Å². The normalized spacial score (nSPS) is 17.2. The molecule has 1 aliphatic heterocycles. The van der Waals surface area contributed by atoms with E-state index >= 15 is 0 Å². The fourth-order valence-corrected chi connectivity index (χ4v) is 4.20. The van der Waals surface area contributed by atoms with Gasteiger partial charge in [-0.3, -0.25) is 14.4 Å². The van der Waals surface area contributed by atoms with Crippen LogP contribution >= 0.6 is 0 Å². The molecule has 4 rings (SSSR count). The first-order valence-corrected chi connectivity index (χ1v) is 11.6. The third-order valence-corrected chi connectivity index (χ3v) is 6.44. The lowest BCUT2D eigenvalue weighted by molar-refractivity contribution is -0.124. The molecule has 2 N–H and O–H groups in total. The summed E-state index contributed by atoms with van der Waals surface area (Å²) in [6.07, 6.45) is 3.27. The topological polar surface area (TPSA) is 87.7 Å². The minimum absolute atomic E-state index is 0.00898. The van der Waals surface area contributed by atoms with E-state index in [4.69, 9.17) is 4.74 Å². The van der Waals surface area contributed by atoms with Crippen molar-refractivity contribution in [1.29, 1.82) is 0 Å². The van der Waals surface area contributed by atoms with E-state index in [2.05, 4.69) is 10.6 Å². The molecule has 2 aliphatic rings. The van der Waals surface area contributed by atoms with Crippen molar-refractivity contribution in [2.24, 2.45) is 5.92 Å². The minimum Gasteiger partial charge on any atom is -0.497 e. The van der Waals surface area contributed by atoms with Crippen molar-refractivity contribution >= 4 is 17.7 Å². The molecule has 2 fully saturated rings. The molecule has 0 spiro atoms. The zero-order valence-electron chi connectivity index (χ0n) is 19.2. The Balaban J connectivity index is 1.41. The minimum atomic E-state index is -0.628. The molecule has 1 heterocycles. The molecule has 3 amide bonds. The largest absolute Gasteiger partial charge is 0.497 e. The lowest BCUT2D eigenvalue weighted by atomic mass is 9.88. The Hall–Kier alpha value is -3.35. The number of nitrogens with one attached hydrogen (secondary N) is 2. The van der Waals surface area contributed by atoms with E-state index in [9.17, 15) is 14.4 Å². The van der Waals surface area contributed by atoms with Crippen LogP contribution in [-0.4, -0.2) is 54.9 Å². The maximum Gasteiger partial charge on any atom is 0.253 e. The van der Waals surface area contributed by atoms with E-state index in [1.807, 2.05) is 36.1 Å². The van der Waals surface area contributed by atoms with Crippen molar-refractivity contribution in [2.75, 3.05) is 20.2 Å². The molecule has 0 bridgehead atoms. The Labute approximate surface area is 194 Å². The quantitative estimate of drug-likeness (QED) is 0.680. The zero-order valence-corrected chi connectivity index (χ0v) is 19.2. The second-order valence-electron chi connectivity index (χ2n) is 8.96. The monoisotopic (exact) mass is 449 g/mol. The molecule has 1 saturated heterocycles. The highest BCUT2D eigenvalue weighted by atomic mass is 16.5. The predicted molar refractivity (Wildman–Crippen MR) is 125 cm³/mol. The first-order chi connectivity index (χ1) is 15.9. The van der Waals surface area contributed by atoms with E-state index in [0.717, 1.165) is 18.4 Å². The summed E-state index contributed by atoms with van der Waals surface area (Å²) >= 11 is 0. The fraction of sp³-hybridized carbons (Fsp3) is 0.423. The van der Waals surface area contributed by atoms with Crippen molar-refractivity contribution in [3.05, 3.63) is 65.2 Å².